The second-order valence-electron chi connectivity index (χ2n) is 6.03. The van der Waals surface area contributed by atoms with E-state index in [4.69, 9.17) is 0 Å². The number of hydrogen-bond acceptors (Lipinski definition) is 4. The molecule has 0 radical (unpaired) electrons. The van der Waals surface area contributed by atoms with Crippen molar-refractivity contribution in [1.29, 1.82) is 0 Å². The summed E-state index contributed by atoms with van der Waals surface area (Å²) < 4.78 is 0. The van der Waals surface area contributed by atoms with Crippen molar-refractivity contribution in [2.24, 2.45) is 5.92 Å². The minimum absolute atomic E-state index is 0.219. The van der Waals surface area contributed by atoms with Gasteiger partial charge in [0.25, 0.3) is 0 Å². The number of benzene rings is 1. The zero-order chi connectivity index (χ0) is 13.8. The summed E-state index contributed by atoms with van der Waals surface area (Å²) >= 11 is 0. The number of hydrazine groups is 1. The molecule has 2 aliphatic heterocycles. The summed E-state index contributed by atoms with van der Waals surface area (Å²) in [6.07, 6.45) is 3.55. The molecule has 110 valence electrons. The number of aliphatic hydroxyl groups excluding tert-OH is 1. The highest BCUT2D eigenvalue weighted by Gasteiger charge is 2.38. The predicted molar refractivity (Wildman–Crippen MR) is 80.2 cm³/mol. The molecule has 0 aliphatic carbocycles. The third-order valence-corrected chi connectivity index (χ3v) is 4.69. The Morgan fingerprint density at radius 3 is 2.85 bits per heavy atom. The molecule has 4 heteroatoms. The summed E-state index contributed by atoms with van der Waals surface area (Å²) in [6, 6.07) is 11.5. The number of rotatable bonds is 5. The van der Waals surface area contributed by atoms with Crippen LogP contribution in [-0.2, 0) is 6.42 Å². The van der Waals surface area contributed by atoms with Gasteiger partial charge in [-0.3, -0.25) is 10.9 Å². The molecule has 3 rings (SSSR count). The summed E-state index contributed by atoms with van der Waals surface area (Å²) in [6.45, 7) is 3.66. The first-order valence-electron chi connectivity index (χ1n) is 7.75. The molecule has 2 saturated heterocycles. The zero-order valence-corrected chi connectivity index (χ0v) is 12.0. The van der Waals surface area contributed by atoms with Crippen LogP contribution in [-0.4, -0.2) is 48.3 Å². The number of hydrogen-bond donors (Lipinski definition) is 3. The van der Waals surface area contributed by atoms with Gasteiger partial charge in [-0.25, -0.2) is 0 Å². The number of likely N-dealkylation sites (tertiary alicyclic amines) is 1. The van der Waals surface area contributed by atoms with Gasteiger partial charge in [0, 0.05) is 24.5 Å². The molecule has 4 nitrogen and oxygen atoms in total. The van der Waals surface area contributed by atoms with Crippen LogP contribution in [0.25, 0.3) is 0 Å². The second kappa shape index (κ2) is 6.68. The van der Waals surface area contributed by atoms with E-state index in [1.807, 2.05) is 0 Å². The molecule has 0 aromatic heterocycles. The van der Waals surface area contributed by atoms with Crippen LogP contribution in [0.4, 0.5) is 0 Å². The van der Waals surface area contributed by atoms with E-state index in [0.29, 0.717) is 12.0 Å². The Morgan fingerprint density at radius 1 is 1.20 bits per heavy atom. The van der Waals surface area contributed by atoms with Gasteiger partial charge in [-0.1, -0.05) is 30.3 Å². The molecule has 1 aromatic rings. The largest absolute Gasteiger partial charge is 0.395 e. The Kier molecular flexibility index (Phi) is 4.68. The molecule has 0 bridgehead atoms. The van der Waals surface area contributed by atoms with E-state index in [0.717, 1.165) is 19.5 Å². The third kappa shape index (κ3) is 3.20. The maximum atomic E-state index is 9.39. The number of aliphatic hydroxyl groups is 1. The first-order chi connectivity index (χ1) is 9.86. The molecule has 1 aromatic carbocycles. The van der Waals surface area contributed by atoms with E-state index in [2.05, 4.69) is 46.1 Å². The van der Waals surface area contributed by atoms with Crippen LogP contribution in [0.15, 0.2) is 30.3 Å². The van der Waals surface area contributed by atoms with E-state index in [1.165, 1.54) is 24.9 Å². The lowest BCUT2D eigenvalue weighted by Crippen LogP contribution is -2.47. The second-order valence-corrected chi connectivity index (χ2v) is 6.03. The molecule has 0 amide bonds. The van der Waals surface area contributed by atoms with Crippen molar-refractivity contribution in [3.8, 4) is 0 Å². The first-order valence-corrected chi connectivity index (χ1v) is 7.75. The Bertz CT molecular complexity index is 405. The molecule has 20 heavy (non-hydrogen) atoms. The van der Waals surface area contributed by atoms with Crippen molar-refractivity contribution >= 4 is 0 Å². The van der Waals surface area contributed by atoms with Crippen molar-refractivity contribution in [2.45, 2.75) is 31.3 Å². The van der Waals surface area contributed by atoms with Gasteiger partial charge in [0.1, 0.15) is 0 Å². The summed E-state index contributed by atoms with van der Waals surface area (Å²) in [5, 5.41) is 9.39. The Balaban J connectivity index is 1.45. The molecule has 3 N–H and O–H groups in total. The van der Waals surface area contributed by atoms with E-state index in [9.17, 15) is 5.11 Å². The fourth-order valence-corrected chi connectivity index (χ4v) is 3.50. The highest BCUT2D eigenvalue weighted by Crippen LogP contribution is 2.24. The van der Waals surface area contributed by atoms with Crippen molar-refractivity contribution in [1.82, 2.24) is 15.8 Å². The van der Waals surface area contributed by atoms with Gasteiger partial charge in [0.05, 0.1) is 6.61 Å². The predicted octanol–water partition coefficient (Wildman–Crippen LogP) is 0.778. The Labute approximate surface area is 121 Å². The van der Waals surface area contributed by atoms with Gasteiger partial charge in [0.2, 0.25) is 0 Å². The highest BCUT2D eigenvalue weighted by molar-refractivity contribution is 5.14. The lowest BCUT2D eigenvalue weighted by atomic mass is 9.88. The molecule has 2 fully saturated rings. The third-order valence-electron chi connectivity index (χ3n) is 4.69. The number of aryl methyl sites for hydroxylation is 1. The standard InChI is InChI=1S/C16H25N3O/c20-12-16-14-11-19(10-8-15(14)17-18-16)9-4-7-13-5-2-1-3-6-13/h1-3,5-6,14-18,20H,4,7-12H2. The first kappa shape index (κ1) is 14.0. The monoisotopic (exact) mass is 275 g/mol. The smallest absolute Gasteiger partial charge is 0.0602 e. The minimum Gasteiger partial charge on any atom is -0.395 e. The van der Waals surface area contributed by atoms with Crippen molar-refractivity contribution < 1.29 is 5.11 Å². The van der Waals surface area contributed by atoms with Crippen LogP contribution in [0.2, 0.25) is 0 Å². The average molecular weight is 275 g/mol. The normalized spacial score (nSPS) is 30.4. The van der Waals surface area contributed by atoms with Crippen LogP contribution in [0.5, 0.6) is 0 Å². The molecule has 3 unspecified atom stereocenters. The quantitative estimate of drug-likeness (QED) is 0.743. The molecule has 2 aliphatic rings. The maximum Gasteiger partial charge on any atom is 0.0602 e. The van der Waals surface area contributed by atoms with Crippen LogP contribution in [0.3, 0.4) is 0 Å². The fourth-order valence-electron chi connectivity index (χ4n) is 3.50. The summed E-state index contributed by atoms with van der Waals surface area (Å²) in [5.74, 6) is 0.547. The van der Waals surface area contributed by atoms with E-state index >= 15 is 0 Å². The van der Waals surface area contributed by atoms with Gasteiger partial charge in [-0.2, -0.15) is 0 Å². The maximum absolute atomic E-state index is 9.39. The molecule has 2 heterocycles. The zero-order valence-electron chi connectivity index (χ0n) is 12.0. The van der Waals surface area contributed by atoms with Crippen molar-refractivity contribution in [2.75, 3.05) is 26.2 Å². The number of nitrogens with one attached hydrogen (secondary N) is 2. The molecular formula is C16H25N3O. The molecule has 0 saturated carbocycles. The number of nitrogens with zero attached hydrogens (tertiary/aromatic N) is 1. The minimum atomic E-state index is 0.219. The van der Waals surface area contributed by atoms with Crippen LogP contribution in [0, 0.1) is 5.92 Å². The topological polar surface area (TPSA) is 47.5 Å². The molecular weight excluding hydrogens is 250 g/mol. The van der Waals surface area contributed by atoms with Gasteiger partial charge in [0.15, 0.2) is 0 Å². The van der Waals surface area contributed by atoms with Gasteiger partial charge in [-0.05, 0) is 37.9 Å². The SMILES string of the molecule is OCC1NNC2CCN(CCCc3ccccc3)CC12. The summed E-state index contributed by atoms with van der Waals surface area (Å²) in [5.41, 5.74) is 7.98. The summed E-state index contributed by atoms with van der Waals surface area (Å²) in [4.78, 5) is 2.56. The Hall–Kier alpha value is -0.940. The molecule has 3 atom stereocenters. The van der Waals surface area contributed by atoms with E-state index < -0.39 is 0 Å². The Morgan fingerprint density at radius 2 is 2.05 bits per heavy atom. The van der Waals surface area contributed by atoms with Crippen molar-refractivity contribution in [3.63, 3.8) is 0 Å². The highest BCUT2D eigenvalue weighted by atomic mass is 16.3. The van der Waals surface area contributed by atoms with Crippen LogP contribution in [0.1, 0.15) is 18.4 Å². The number of piperidine rings is 1. The van der Waals surface area contributed by atoms with Crippen LogP contribution >= 0.6 is 0 Å². The molecule has 0 spiro atoms. The van der Waals surface area contributed by atoms with Gasteiger partial charge < -0.3 is 10.0 Å². The van der Waals surface area contributed by atoms with Crippen molar-refractivity contribution in [3.05, 3.63) is 35.9 Å². The number of fused-ring (bicyclic) bond motifs is 1. The van der Waals surface area contributed by atoms with Crippen LogP contribution < -0.4 is 10.9 Å². The van der Waals surface area contributed by atoms with Gasteiger partial charge in [-0.15, -0.1) is 0 Å². The lowest BCUT2D eigenvalue weighted by molar-refractivity contribution is 0.133. The van der Waals surface area contributed by atoms with Gasteiger partial charge >= 0.3 is 0 Å². The van der Waals surface area contributed by atoms with E-state index in [-0.39, 0.29) is 12.6 Å². The van der Waals surface area contributed by atoms with E-state index in [1.54, 1.807) is 0 Å². The average Bonchev–Trinajstić information content (AvgIpc) is 2.91. The lowest BCUT2D eigenvalue weighted by Gasteiger charge is -2.35. The summed E-state index contributed by atoms with van der Waals surface area (Å²) in [7, 11) is 0. The fraction of sp³-hybridized carbons (Fsp3) is 0.625.